The van der Waals surface area contributed by atoms with E-state index in [1.54, 1.807) is 6.92 Å². The first-order valence-corrected chi connectivity index (χ1v) is 10.8. The molecular weight excluding hydrogens is 425 g/mol. The second-order valence-electron chi connectivity index (χ2n) is 7.51. The van der Waals surface area contributed by atoms with Crippen LogP contribution in [0.2, 0.25) is 0 Å². The molecule has 1 heterocycles. The first kappa shape index (κ1) is 32.3. The summed E-state index contributed by atoms with van der Waals surface area (Å²) >= 11 is 0. The summed E-state index contributed by atoms with van der Waals surface area (Å²) < 4.78 is 30.0. The summed E-state index contributed by atoms with van der Waals surface area (Å²) in [6.07, 6.45) is 4.50. The van der Waals surface area contributed by atoms with E-state index < -0.39 is 6.93 Å². The Balaban J connectivity index is 0. The minimum absolute atomic E-state index is 0.0828. The monoisotopic (exact) mass is 464 g/mol. The van der Waals surface area contributed by atoms with E-state index in [1.807, 2.05) is 90.2 Å². The zero-order chi connectivity index (χ0) is 25.8. The molecule has 1 unspecified atom stereocenters. The maximum Gasteiger partial charge on any atom is 0.251 e. The molecule has 2 rings (SSSR count). The van der Waals surface area contributed by atoms with E-state index in [0.29, 0.717) is 12.0 Å². The SMILES string of the molecule is C/C=C(\C)c1cccc(C(=O)NC(C)c2ccc(C)cn2)c1.C=C(C)C.CCCF.FCF. The third-order valence-corrected chi connectivity index (χ3v) is 3.93. The highest BCUT2D eigenvalue weighted by molar-refractivity contribution is 5.95. The molecule has 1 aromatic carbocycles. The molecule has 0 aliphatic rings. The number of carbonyl (C=O) groups is 1. The van der Waals surface area contributed by atoms with Crippen molar-refractivity contribution < 1.29 is 18.0 Å². The second-order valence-corrected chi connectivity index (χ2v) is 7.51. The number of pyridine rings is 1. The predicted molar refractivity (Wildman–Crippen MR) is 134 cm³/mol. The normalized spacial score (nSPS) is 10.8. The summed E-state index contributed by atoms with van der Waals surface area (Å²) in [4.78, 5) is 16.8. The van der Waals surface area contributed by atoms with E-state index in [0.717, 1.165) is 22.4 Å². The molecule has 184 valence electrons. The lowest BCUT2D eigenvalue weighted by molar-refractivity contribution is 0.0939. The number of aryl methyl sites for hydroxylation is 1. The second kappa shape index (κ2) is 19.8. The predicted octanol–water partition coefficient (Wildman–Crippen LogP) is 8.14. The number of benzene rings is 1. The Morgan fingerprint density at radius 3 is 2.06 bits per heavy atom. The average molecular weight is 465 g/mol. The molecule has 6 heteroatoms. The number of halogens is 3. The number of nitrogens with zero attached hydrogens (tertiary/aromatic N) is 1. The summed E-state index contributed by atoms with van der Waals surface area (Å²) in [6, 6.07) is 11.5. The van der Waals surface area contributed by atoms with Crippen molar-refractivity contribution in [3.8, 4) is 0 Å². The molecule has 0 aliphatic carbocycles. The Morgan fingerprint density at radius 2 is 1.64 bits per heavy atom. The molecular formula is C27H39F3N2O. The van der Waals surface area contributed by atoms with Gasteiger partial charge >= 0.3 is 0 Å². The summed E-state index contributed by atoms with van der Waals surface area (Å²) in [6.45, 7) is 15.3. The summed E-state index contributed by atoms with van der Waals surface area (Å²) in [5, 5.41) is 3.00. The number of nitrogens with one attached hydrogen (secondary N) is 1. The summed E-state index contributed by atoms with van der Waals surface area (Å²) in [5.41, 5.74) is 6.02. The topological polar surface area (TPSA) is 42.0 Å². The summed E-state index contributed by atoms with van der Waals surface area (Å²) in [7, 11) is 0. The van der Waals surface area contributed by atoms with Gasteiger partial charge in [0.2, 0.25) is 6.93 Å². The van der Waals surface area contributed by atoms with Crippen LogP contribution in [0.3, 0.4) is 0 Å². The van der Waals surface area contributed by atoms with Gasteiger partial charge in [0.15, 0.2) is 0 Å². The number of alkyl halides is 3. The van der Waals surface area contributed by atoms with Gasteiger partial charge in [0, 0.05) is 11.8 Å². The Kier molecular flexibility index (Phi) is 19.3. The molecule has 1 atom stereocenters. The fourth-order valence-corrected chi connectivity index (χ4v) is 2.16. The molecule has 3 nitrogen and oxygen atoms in total. The van der Waals surface area contributed by atoms with Crippen molar-refractivity contribution in [3.63, 3.8) is 0 Å². The zero-order valence-corrected chi connectivity index (χ0v) is 21.0. The molecule has 33 heavy (non-hydrogen) atoms. The quantitative estimate of drug-likeness (QED) is 0.454. The van der Waals surface area contributed by atoms with E-state index in [-0.39, 0.29) is 18.6 Å². The van der Waals surface area contributed by atoms with Crippen molar-refractivity contribution in [1.29, 1.82) is 0 Å². The van der Waals surface area contributed by atoms with Crippen molar-refractivity contribution in [1.82, 2.24) is 10.3 Å². The number of carbonyl (C=O) groups excluding carboxylic acids is 1. The number of aromatic nitrogens is 1. The Labute approximate surface area is 197 Å². The van der Waals surface area contributed by atoms with Gasteiger partial charge in [-0.1, -0.05) is 36.8 Å². The number of allylic oxidation sites excluding steroid dienone is 3. The minimum atomic E-state index is -1.75. The fraction of sp³-hybridized carbons (Fsp3) is 0.407. The first-order chi connectivity index (χ1) is 15.6. The van der Waals surface area contributed by atoms with Crippen LogP contribution in [0.4, 0.5) is 13.2 Å². The third kappa shape index (κ3) is 16.4. The van der Waals surface area contributed by atoms with Crippen LogP contribution in [0.1, 0.15) is 81.2 Å². The molecule has 0 radical (unpaired) electrons. The van der Waals surface area contributed by atoms with Gasteiger partial charge in [-0.15, -0.1) is 6.58 Å². The molecule has 0 aliphatic heterocycles. The average Bonchev–Trinajstić information content (AvgIpc) is 2.79. The van der Waals surface area contributed by atoms with Crippen LogP contribution in [0, 0.1) is 6.92 Å². The smallest absolute Gasteiger partial charge is 0.251 e. The van der Waals surface area contributed by atoms with Crippen molar-refractivity contribution in [2.75, 3.05) is 13.6 Å². The number of hydrogen-bond acceptors (Lipinski definition) is 2. The molecule has 0 spiro atoms. The lowest BCUT2D eigenvalue weighted by atomic mass is 10.0. The molecule has 1 amide bonds. The largest absolute Gasteiger partial charge is 0.344 e. The van der Waals surface area contributed by atoms with Crippen LogP contribution < -0.4 is 5.32 Å². The van der Waals surface area contributed by atoms with Crippen LogP contribution in [0.5, 0.6) is 0 Å². The molecule has 1 aromatic heterocycles. The number of rotatable bonds is 5. The Morgan fingerprint density at radius 1 is 1.12 bits per heavy atom. The maximum atomic E-state index is 12.4. The maximum absolute atomic E-state index is 12.4. The lowest BCUT2D eigenvalue weighted by Crippen LogP contribution is -2.27. The standard InChI is InChI=1S/C19H22N2O.C4H8.C3H7F.CH2F2/c1-5-14(3)16-7-6-8-17(11-16)19(22)21-15(4)18-10-9-13(2)12-20-18;1-4(2)3;1-2-3-4;2-1-3/h5-12,15H,1-4H3,(H,21,22);1H2,2-3H3;2-3H2,1H3;1H2/b14-5+;;;. The van der Waals surface area contributed by atoms with Crippen molar-refractivity contribution in [3.05, 3.63) is 83.2 Å². The highest BCUT2D eigenvalue weighted by atomic mass is 19.3. The first-order valence-electron chi connectivity index (χ1n) is 10.8. The van der Waals surface area contributed by atoms with E-state index in [4.69, 9.17) is 0 Å². The van der Waals surface area contributed by atoms with Gasteiger partial charge in [-0.05, 0) is 82.9 Å². The molecule has 0 saturated carbocycles. The van der Waals surface area contributed by atoms with Crippen molar-refractivity contribution in [2.24, 2.45) is 0 Å². The Hall–Kier alpha value is -2.89. The van der Waals surface area contributed by atoms with Gasteiger partial charge in [0.05, 0.1) is 18.4 Å². The lowest BCUT2D eigenvalue weighted by Gasteiger charge is -2.14. The van der Waals surface area contributed by atoms with E-state index in [1.165, 1.54) is 5.57 Å². The number of amides is 1. The van der Waals surface area contributed by atoms with E-state index >= 15 is 0 Å². The zero-order valence-electron chi connectivity index (χ0n) is 21.0. The van der Waals surface area contributed by atoms with Crippen LogP contribution in [-0.4, -0.2) is 24.5 Å². The highest BCUT2D eigenvalue weighted by Crippen LogP contribution is 2.16. The van der Waals surface area contributed by atoms with Gasteiger partial charge in [0.1, 0.15) is 0 Å². The third-order valence-electron chi connectivity index (χ3n) is 3.93. The highest BCUT2D eigenvalue weighted by Gasteiger charge is 2.12. The molecule has 0 saturated heterocycles. The Bertz CT molecular complexity index is 828. The van der Waals surface area contributed by atoms with Gasteiger partial charge in [-0.3, -0.25) is 14.2 Å². The number of hydrogen-bond donors (Lipinski definition) is 1. The van der Waals surface area contributed by atoms with Crippen LogP contribution in [0.15, 0.2) is 60.8 Å². The molecule has 0 bridgehead atoms. The summed E-state index contributed by atoms with van der Waals surface area (Å²) in [5.74, 6) is -0.0828. The van der Waals surface area contributed by atoms with Gasteiger partial charge < -0.3 is 5.32 Å². The van der Waals surface area contributed by atoms with Crippen LogP contribution >= 0.6 is 0 Å². The van der Waals surface area contributed by atoms with Crippen LogP contribution in [-0.2, 0) is 0 Å². The molecule has 0 fully saturated rings. The molecule has 2 aromatic rings. The van der Waals surface area contributed by atoms with Crippen LogP contribution in [0.25, 0.3) is 5.57 Å². The van der Waals surface area contributed by atoms with Gasteiger partial charge in [-0.2, -0.15) is 0 Å². The van der Waals surface area contributed by atoms with Gasteiger partial charge in [-0.25, -0.2) is 8.78 Å². The van der Waals surface area contributed by atoms with E-state index in [2.05, 4.69) is 16.9 Å². The fourth-order valence-electron chi connectivity index (χ4n) is 2.16. The molecule has 1 N–H and O–H groups in total. The van der Waals surface area contributed by atoms with E-state index in [9.17, 15) is 18.0 Å². The van der Waals surface area contributed by atoms with Gasteiger partial charge in [0.25, 0.3) is 5.91 Å². The minimum Gasteiger partial charge on any atom is -0.344 e. The van der Waals surface area contributed by atoms with Crippen molar-refractivity contribution >= 4 is 11.5 Å². The van der Waals surface area contributed by atoms with Crippen molar-refractivity contribution in [2.45, 2.75) is 60.9 Å².